The Morgan fingerprint density at radius 3 is 2.68 bits per heavy atom. The average molecular weight is 281 g/mol. The van der Waals surface area contributed by atoms with Gasteiger partial charge in [-0.3, -0.25) is 4.68 Å². The number of aromatic nitrogens is 2. The number of nitrogens with two attached hydrogens (primary N) is 1. The van der Waals surface area contributed by atoms with Gasteiger partial charge in [0.1, 0.15) is 0 Å². The van der Waals surface area contributed by atoms with Crippen molar-refractivity contribution in [2.24, 2.45) is 0 Å². The van der Waals surface area contributed by atoms with Crippen LogP contribution in [-0.2, 0) is 16.4 Å². The molecule has 7 heteroatoms. The molecule has 6 nitrogen and oxygen atoms in total. The van der Waals surface area contributed by atoms with Crippen LogP contribution in [0.25, 0.3) is 0 Å². The van der Waals surface area contributed by atoms with E-state index in [2.05, 4.69) is 5.10 Å². The summed E-state index contributed by atoms with van der Waals surface area (Å²) in [6.45, 7) is 2.71. The Hall–Kier alpha value is -2.02. The number of aryl methyl sites for hydroxylation is 1. The molecular weight excluding hydrogens is 266 g/mol. The van der Waals surface area contributed by atoms with Crippen LogP contribution in [0.5, 0.6) is 11.5 Å². The third kappa shape index (κ3) is 3.05. The van der Waals surface area contributed by atoms with Crippen LogP contribution in [0, 0.1) is 0 Å². The topological polar surface area (TPSA) is 87.2 Å². The standard InChI is InChI=1S/C12H15N3O3S/c1-3-15-8-9(7-14-15)18-12-5-4-10(6-11(12)13)19(2,16)17/h4-8H,3,13H2,1-2H3. The van der Waals surface area contributed by atoms with Crippen LogP contribution in [0.2, 0.25) is 0 Å². The summed E-state index contributed by atoms with van der Waals surface area (Å²) >= 11 is 0. The molecule has 1 heterocycles. The van der Waals surface area contributed by atoms with Gasteiger partial charge in [-0.15, -0.1) is 0 Å². The Bertz CT molecular complexity index is 692. The van der Waals surface area contributed by atoms with Crippen LogP contribution < -0.4 is 10.5 Å². The number of nitrogens with zero attached hydrogens (tertiary/aromatic N) is 2. The fraction of sp³-hybridized carbons (Fsp3) is 0.250. The van der Waals surface area contributed by atoms with Gasteiger partial charge in [-0.05, 0) is 25.1 Å². The number of rotatable bonds is 4. The van der Waals surface area contributed by atoms with E-state index in [1.807, 2.05) is 6.92 Å². The maximum Gasteiger partial charge on any atom is 0.175 e. The van der Waals surface area contributed by atoms with Crippen molar-refractivity contribution in [1.82, 2.24) is 9.78 Å². The van der Waals surface area contributed by atoms with Crippen molar-refractivity contribution in [2.45, 2.75) is 18.4 Å². The lowest BCUT2D eigenvalue weighted by atomic mass is 10.3. The zero-order valence-corrected chi connectivity index (χ0v) is 11.5. The summed E-state index contributed by atoms with van der Waals surface area (Å²) in [7, 11) is -3.27. The van der Waals surface area contributed by atoms with E-state index in [0.717, 1.165) is 12.8 Å². The number of sulfone groups is 1. The molecule has 0 radical (unpaired) electrons. The van der Waals surface area contributed by atoms with E-state index in [0.29, 0.717) is 11.5 Å². The molecule has 0 spiro atoms. The summed E-state index contributed by atoms with van der Waals surface area (Å²) in [6.07, 6.45) is 4.45. The Balaban J connectivity index is 2.27. The molecule has 0 aliphatic heterocycles. The van der Waals surface area contributed by atoms with Crippen molar-refractivity contribution in [1.29, 1.82) is 0 Å². The largest absolute Gasteiger partial charge is 0.452 e. The quantitative estimate of drug-likeness (QED) is 0.861. The van der Waals surface area contributed by atoms with Gasteiger partial charge in [0, 0.05) is 12.8 Å². The average Bonchev–Trinajstić information content (AvgIpc) is 2.78. The summed E-state index contributed by atoms with van der Waals surface area (Å²) in [6, 6.07) is 4.38. The second-order valence-corrected chi connectivity index (χ2v) is 6.12. The molecule has 0 bridgehead atoms. The fourth-order valence-corrected chi connectivity index (χ4v) is 2.20. The molecule has 0 fully saturated rings. The predicted molar refractivity (Wildman–Crippen MR) is 71.9 cm³/mol. The van der Waals surface area contributed by atoms with Crippen LogP contribution in [0.15, 0.2) is 35.5 Å². The highest BCUT2D eigenvalue weighted by atomic mass is 32.2. The molecule has 0 amide bonds. The lowest BCUT2D eigenvalue weighted by Crippen LogP contribution is -1.99. The molecule has 1 aromatic carbocycles. The number of nitrogen functional groups attached to an aromatic ring is 1. The van der Waals surface area contributed by atoms with Gasteiger partial charge in [0.15, 0.2) is 21.3 Å². The Morgan fingerprint density at radius 2 is 2.16 bits per heavy atom. The van der Waals surface area contributed by atoms with Gasteiger partial charge in [-0.2, -0.15) is 5.10 Å². The van der Waals surface area contributed by atoms with Crippen LogP contribution in [0.1, 0.15) is 6.92 Å². The highest BCUT2D eigenvalue weighted by Gasteiger charge is 2.11. The number of anilines is 1. The first-order valence-electron chi connectivity index (χ1n) is 5.70. The molecule has 0 aliphatic carbocycles. The lowest BCUT2D eigenvalue weighted by molar-refractivity contribution is 0.483. The SMILES string of the molecule is CCn1cc(Oc2ccc(S(C)(=O)=O)cc2N)cn1. The highest BCUT2D eigenvalue weighted by Crippen LogP contribution is 2.29. The van der Waals surface area contributed by atoms with Crippen LogP contribution in [-0.4, -0.2) is 24.5 Å². The molecule has 0 saturated heterocycles. The Morgan fingerprint density at radius 1 is 1.42 bits per heavy atom. The number of hydrogen-bond donors (Lipinski definition) is 1. The normalized spacial score (nSPS) is 11.5. The Labute approximate surface area is 111 Å². The molecule has 0 unspecified atom stereocenters. The maximum atomic E-state index is 11.4. The first-order chi connectivity index (χ1) is 8.90. The second kappa shape index (κ2) is 4.93. The molecule has 0 aliphatic rings. The molecule has 0 atom stereocenters. The zero-order valence-electron chi connectivity index (χ0n) is 10.7. The van der Waals surface area contributed by atoms with Gasteiger partial charge in [0.2, 0.25) is 0 Å². The van der Waals surface area contributed by atoms with E-state index in [9.17, 15) is 8.42 Å². The van der Waals surface area contributed by atoms with E-state index < -0.39 is 9.84 Å². The van der Waals surface area contributed by atoms with Gasteiger partial charge in [-0.1, -0.05) is 0 Å². The van der Waals surface area contributed by atoms with Crippen LogP contribution in [0.3, 0.4) is 0 Å². The van der Waals surface area contributed by atoms with Crippen molar-refractivity contribution in [2.75, 3.05) is 12.0 Å². The highest BCUT2D eigenvalue weighted by molar-refractivity contribution is 7.90. The van der Waals surface area contributed by atoms with E-state index in [-0.39, 0.29) is 10.6 Å². The minimum Gasteiger partial charge on any atom is -0.452 e. The second-order valence-electron chi connectivity index (χ2n) is 4.11. The molecule has 2 aromatic rings. The Kier molecular flexibility index (Phi) is 3.48. The predicted octanol–water partition coefficient (Wildman–Crippen LogP) is 1.68. The molecular formula is C12H15N3O3S. The maximum absolute atomic E-state index is 11.4. The summed E-state index contributed by atoms with van der Waals surface area (Å²) in [5.41, 5.74) is 6.06. The first kappa shape index (κ1) is 13.4. The van der Waals surface area contributed by atoms with Crippen molar-refractivity contribution in [3.63, 3.8) is 0 Å². The molecule has 2 rings (SSSR count). The van der Waals surface area contributed by atoms with E-state index in [1.165, 1.54) is 18.2 Å². The number of benzene rings is 1. The van der Waals surface area contributed by atoms with E-state index in [1.54, 1.807) is 17.1 Å². The summed E-state index contributed by atoms with van der Waals surface area (Å²) in [5.74, 6) is 0.962. The third-order valence-electron chi connectivity index (χ3n) is 2.57. The molecule has 19 heavy (non-hydrogen) atoms. The summed E-state index contributed by atoms with van der Waals surface area (Å²) in [5, 5.41) is 4.07. The smallest absolute Gasteiger partial charge is 0.175 e. The van der Waals surface area contributed by atoms with E-state index >= 15 is 0 Å². The third-order valence-corrected chi connectivity index (χ3v) is 3.68. The number of ether oxygens (including phenoxy) is 1. The monoisotopic (exact) mass is 281 g/mol. The zero-order chi connectivity index (χ0) is 14.0. The van der Waals surface area contributed by atoms with Gasteiger partial charge in [-0.25, -0.2) is 8.42 Å². The van der Waals surface area contributed by atoms with Crippen molar-refractivity contribution < 1.29 is 13.2 Å². The van der Waals surface area contributed by atoms with E-state index in [4.69, 9.17) is 10.5 Å². The van der Waals surface area contributed by atoms with Crippen molar-refractivity contribution >= 4 is 15.5 Å². The lowest BCUT2D eigenvalue weighted by Gasteiger charge is -2.07. The van der Waals surface area contributed by atoms with Crippen molar-refractivity contribution in [3.8, 4) is 11.5 Å². The number of hydrogen-bond acceptors (Lipinski definition) is 5. The molecule has 0 saturated carbocycles. The molecule has 1 aromatic heterocycles. The van der Waals surface area contributed by atoms with Crippen LogP contribution in [0.4, 0.5) is 5.69 Å². The summed E-state index contributed by atoms with van der Waals surface area (Å²) in [4.78, 5) is 0.168. The van der Waals surface area contributed by atoms with Gasteiger partial charge in [0.25, 0.3) is 0 Å². The van der Waals surface area contributed by atoms with Gasteiger partial charge < -0.3 is 10.5 Å². The molecule has 102 valence electrons. The fourth-order valence-electron chi connectivity index (χ4n) is 1.55. The van der Waals surface area contributed by atoms with Gasteiger partial charge in [0.05, 0.1) is 23.0 Å². The minimum atomic E-state index is -3.27. The minimum absolute atomic E-state index is 0.168. The van der Waals surface area contributed by atoms with Gasteiger partial charge >= 0.3 is 0 Å². The molecule has 2 N–H and O–H groups in total. The van der Waals surface area contributed by atoms with Crippen LogP contribution >= 0.6 is 0 Å². The summed E-state index contributed by atoms with van der Waals surface area (Å²) < 4.78 is 30.0. The van der Waals surface area contributed by atoms with Crippen molar-refractivity contribution in [3.05, 3.63) is 30.6 Å². The first-order valence-corrected chi connectivity index (χ1v) is 7.59.